The zero-order chi connectivity index (χ0) is 18.5. The van der Waals surface area contributed by atoms with Gasteiger partial charge in [0.1, 0.15) is 11.5 Å². The fourth-order valence-corrected chi connectivity index (χ4v) is 2.13. The Balaban J connectivity index is 0.00000146. The Morgan fingerprint density at radius 2 is 1.12 bits per heavy atom. The normalized spacial score (nSPS) is 9.04. The first kappa shape index (κ1) is 24.7. The lowest BCUT2D eigenvalue weighted by molar-refractivity contribution is 0.340. The number of thiocarbonyl (C=S) groups is 1. The van der Waals surface area contributed by atoms with Crippen molar-refractivity contribution in [3.63, 3.8) is 0 Å². The number of rotatable bonds is 6. The maximum atomic E-state index is 5.40. The summed E-state index contributed by atoms with van der Waals surface area (Å²) in [5, 5.41) is 8.19. The van der Waals surface area contributed by atoms with Crippen LogP contribution in [-0.2, 0) is 0 Å². The van der Waals surface area contributed by atoms with Crippen LogP contribution in [0.3, 0.4) is 0 Å². The Morgan fingerprint density at radius 3 is 1.38 bits per heavy atom. The van der Waals surface area contributed by atoms with E-state index in [4.69, 9.17) is 21.7 Å². The zero-order valence-corrected chi connectivity index (χ0v) is 20.4. The van der Waals surface area contributed by atoms with Gasteiger partial charge in [-0.1, -0.05) is 6.92 Å². The summed E-state index contributed by atoms with van der Waals surface area (Å²) < 4.78 is 10.8. The van der Waals surface area contributed by atoms with Crippen LogP contribution in [0.5, 0.6) is 11.5 Å². The van der Waals surface area contributed by atoms with Gasteiger partial charge in [0.05, 0.1) is 13.2 Å². The molecule has 0 aliphatic rings. The highest BCUT2D eigenvalue weighted by atomic mass is 79.9. The molecule has 0 amide bonds. The molecule has 0 saturated heterocycles. The molecular formula is C19H28AlBrN2O2S. The molecule has 2 N–H and O–H groups in total. The quantitative estimate of drug-likeness (QED) is 0.478. The van der Waals surface area contributed by atoms with Crippen molar-refractivity contribution in [3.8, 4) is 11.5 Å². The smallest absolute Gasteiger partial charge is 0.211 e. The minimum absolute atomic E-state index is 0. The van der Waals surface area contributed by atoms with Gasteiger partial charge in [-0.3, -0.25) is 0 Å². The third-order valence-corrected chi connectivity index (χ3v) is 3.05. The van der Waals surface area contributed by atoms with E-state index in [1.54, 1.807) is 0 Å². The summed E-state index contributed by atoms with van der Waals surface area (Å²) >= 11 is 6.67. The minimum atomic E-state index is 0. The van der Waals surface area contributed by atoms with Crippen molar-refractivity contribution in [2.75, 3.05) is 23.8 Å². The summed E-state index contributed by atoms with van der Waals surface area (Å²) in [5.74, 6) is 1.69. The lowest BCUT2D eigenvalue weighted by Gasteiger charge is -2.12. The van der Waals surface area contributed by atoms with Crippen molar-refractivity contribution in [2.45, 2.75) is 26.1 Å². The lowest BCUT2D eigenvalue weighted by Crippen LogP contribution is -2.18. The van der Waals surface area contributed by atoms with Gasteiger partial charge in [-0.05, 0) is 74.6 Å². The van der Waals surface area contributed by atoms with Crippen LogP contribution >= 0.6 is 29.2 Å². The first-order valence-corrected chi connectivity index (χ1v) is 10.5. The molecule has 7 heteroatoms. The second-order valence-corrected chi connectivity index (χ2v) is 7.02. The van der Waals surface area contributed by atoms with Crippen LogP contribution in [0.15, 0.2) is 48.5 Å². The van der Waals surface area contributed by atoms with E-state index in [-0.39, 0.29) is 17.0 Å². The van der Waals surface area contributed by atoms with Crippen molar-refractivity contribution >= 4 is 62.0 Å². The number of benzene rings is 2. The SMILES string of the molecule is Br.CCOc1ccc(NC(=S)Nc2ccc(OCC)cc2)cc1.C[CH2][AlH2]. The molecule has 0 atom stereocenters. The van der Waals surface area contributed by atoms with Crippen molar-refractivity contribution in [3.05, 3.63) is 48.5 Å². The van der Waals surface area contributed by atoms with E-state index in [0.717, 1.165) is 22.9 Å². The summed E-state index contributed by atoms with van der Waals surface area (Å²) in [4.78, 5) is 0. The second-order valence-electron chi connectivity index (χ2n) is 5.20. The van der Waals surface area contributed by atoms with Gasteiger partial charge < -0.3 is 20.1 Å². The number of halogens is 1. The molecule has 2 aromatic carbocycles. The molecule has 2 aromatic rings. The highest BCUT2D eigenvalue weighted by Crippen LogP contribution is 2.18. The van der Waals surface area contributed by atoms with E-state index in [1.807, 2.05) is 62.4 Å². The Bertz CT molecular complexity index is 571. The second kappa shape index (κ2) is 14.9. The number of hydrogen-bond donors (Lipinski definition) is 2. The van der Waals surface area contributed by atoms with Crippen LogP contribution in [0.25, 0.3) is 0 Å². The van der Waals surface area contributed by atoms with Gasteiger partial charge in [-0.15, -0.1) is 22.3 Å². The summed E-state index contributed by atoms with van der Waals surface area (Å²) in [5.41, 5.74) is 1.82. The largest absolute Gasteiger partial charge is 0.494 e. The predicted molar refractivity (Wildman–Crippen MR) is 124 cm³/mol. The Hall–Kier alpha value is -1.26. The molecule has 4 nitrogen and oxygen atoms in total. The molecule has 0 spiro atoms. The summed E-state index contributed by atoms with van der Waals surface area (Å²) in [6.07, 6.45) is 0. The molecule has 0 heterocycles. The summed E-state index contributed by atoms with van der Waals surface area (Å²) in [6, 6.07) is 15.3. The van der Waals surface area contributed by atoms with Crippen LogP contribution in [0, 0.1) is 0 Å². The van der Waals surface area contributed by atoms with Crippen LogP contribution in [0.2, 0.25) is 5.28 Å². The third-order valence-electron chi connectivity index (χ3n) is 2.85. The van der Waals surface area contributed by atoms with Crippen molar-refractivity contribution < 1.29 is 9.47 Å². The summed E-state index contributed by atoms with van der Waals surface area (Å²) in [6.45, 7) is 7.42. The number of ether oxygens (including phenoxy) is 2. The molecule has 0 radical (unpaired) electrons. The van der Waals surface area contributed by atoms with E-state index in [9.17, 15) is 0 Å². The molecule has 0 unspecified atom stereocenters. The Morgan fingerprint density at radius 1 is 0.808 bits per heavy atom. The van der Waals surface area contributed by atoms with E-state index < -0.39 is 0 Å². The van der Waals surface area contributed by atoms with Gasteiger partial charge >= 0.3 is 0 Å². The maximum Gasteiger partial charge on any atom is 0.211 e. The average molecular weight is 455 g/mol. The Labute approximate surface area is 180 Å². The van der Waals surface area contributed by atoms with Gasteiger partial charge in [-0.2, -0.15) is 0 Å². The fourth-order valence-electron chi connectivity index (χ4n) is 1.90. The highest BCUT2D eigenvalue weighted by Gasteiger charge is 2.00. The van der Waals surface area contributed by atoms with Crippen molar-refractivity contribution in [1.82, 2.24) is 0 Å². The van der Waals surface area contributed by atoms with Gasteiger partial charge in [-0.25, -0.2) is 0 Å². The molecular weight excluding hydrogens is 427 g/mol. The van der Waals surface area contributed by atoms with Crippen LogP contribution < -0.4 is 20.1 Å². The third kappa shape index (κ3) is 10.0. The zero-order valence-electron chi connectivity index (χ0n) is 15.9. The number of anilines is 2. The van der Waals surface area contributed by atoms with Crippen molar-refractivity contribution in [1.29, 1.82) is 0 Å². The standard InChI is InChI=1S/C17H20N2O2S.C2H5.Al.BrH.2H/c1-3-20-15-9-5-13(6-10-15)18-17(22)19-14-7-11-16(12-8-14)21-4-2;1-2;;;;/h5-12H,3-4H2,1-2H3,(H2,18,19,22);1H2,2H3;;1H;;. The van der Waals surface area contributed by atoms with E-state index >= 15 is 0 Å². The summed E-state index contributed by atoms with van der Waals surface area (Å²) in [7, 11) is 0. The number of hydrogen-bond acceptors (Lipinski definition) is 3. The number of nitrogens with one attached hydrogen (secondary N) is 2. The van der Waals surface area contributed by atoms with Crippen molar-refractivity contribution in [2.24, 2.45) is 0 Å². The molecule has 142 valence electrons. The van der Waals surface area contributed by atoms with Crippen LogP contribution in [-0.4, -0.2) is 34.6 Å². The molecule has 0 bridgehead atoms. The molecule has 0 saturated carbocycles. The fraction of sp³-hybridized carbons (Fsp3) is 0.316. The topological polar surface area (TPSA) is 42.5 Å². The molecule has 0 aliphatic heterocycles. The van der Waals surface area contributed by atoms with E-state index in [2.05, 4.69) is 17.6 Å². The molecule has 0 aliphatic carbocycles. The monoisotopic (exact) mass is 454 g/mol. The van der Waals surface area contributed by atoms with Gasteiger partial charge in [0, 0.05) is 11.4 Å². The van der Waals surface area contributed by atoms with Crippen LogP contribution in [0.4, 0.5) is 11.4 Å². The average Bonchev–Trinajstić information content (AvgIpc) is 2.60. The highest BCUT2D eigenvalue weighted by molar-refractivity contribution is 8.93. The van der Waals surface area contributed by atoms with Gasteiger partial charge in [0.2, 0.25) is 16.3 Å². The van der Waals surface area contributed by atoms with E-state index in [1.165, 1.54) is 21.6 Å². The molecule has 0 aromatic heterocycles. The van der Waals surface area contributed by atoms with Crippen LogP contribution in [0.1, 0.15) is 20.8 Å². The lowest BCUT2D eigenvalue weighted by atomic mass is 10.3. The predicted octanol–water partition coefficient (Wildman–Crippen LogP) is 4.93. The first-order chi connectivity index (χ1) is 12.1. The molecule has 0 fully saturated rings. The Kier molecular flexibility index (Phi) is 14.1. The van der Waals surface area contributed by atoms with Gasteiger partial charge in [0.15, 0.2) is 5.11 Å². The van der Waals surface area contributed by atoms with Gasteiger partial charge in [0.25, 0.3) is 0 Å². The molecule has 2 rings (SSSR count). The maximum absolute atomic E-state index is 5.40. The molecule has 26 heavy (non-hydrogen) atoms. The minimum Gasteiger partial charge on any atom is -0.494 e. The first-order valence-electron chi connectivity index (χ1n) is 8.66. The van der Waals surface area contributed by atoms with E-state index in [0.29, 0.717) is 18.3 Å².